The van der Waals surface area contributed by atoms with Gasteiger partial charge in [-0.3, -0.25) is 4.57 Å². The molecule has 0 saturated carbocycles. The summed E-state index contributed by atoms with van der Waals surface area (Å²) in [5, 5.41) is 0. The first-order valence-corrected chi connectivity index (χ1v) is 7.42. The molecule has 0 bridgehead atoms. The van der Waals surface area contributed by atoms with Gasteiger partial charge in [0.1, 0.15) is 0 Å². The molecule has 1 aromatic carbocycles. The second kappa shape index (κ2) is 5.34. The van der Waals surface area contributed by atoms with Crippen LogP contribution in [0.2, 0.25) is 0 Å². The average molecular weight is 341 g/mol. The maximum atomic E-state index is 13.1. The van der Waals surface area contributed by atoms with Crippen molar-refractivity contribution in [3.8, 4) is 17.2 Å². The monoisotopic (exact) mass is 341 g/mol. The molecule has 0 fully saturated rings. The van der Waals surface area contributed by atoms with E-state index in [2.05, 4.69) is 14.5 Å². The highest BCUT2D eigenvalue weighted by molar-refractivity contribution is 7.09. The Kier molecular flexibility index (Phi) is 3.59. The Labute approximate surface area is 134 Å². The zero-order valence-electron chi connectivity index (χ0n) is 12.5. The molecule has 0 N–H and O–H groups in total. The maximum absolute atomic E-state index is 13.1. The number of benzene rings is 1. The Morgan fingerprint density at radius 1 is 1.30 bits per heavy atom. The Morgan fingerprint density at radius 3 is 2.70 bits per heavy atom. The number of hydrogen-bond acceptors (Lipinski definition) is 4. The van der Waals surface area contributed by atoms with Gasteiger partial charge in [-0.15, -0.1) is 20.1 Å². The second-order valence-electron chi connectivity index (χ2n) is 5.08. The van der Waals surface area contributed by atoms with E-state index < -0.39 is 12.3 Å². The lowest BCUT2D eigenvalue weighted by Crippen LogP contribution is -2.26. The molecule has 2 heterocycles. The summed E-state index contributed by atoms with van der Waals surface area (Å²) >= 11 is 1.32. The molecule has 0 saturated heterocycles. The molecule has 1 aromatic heterocycles. The molecule has 1 aliphatic rings. The van der Waals surface area contributed by atoms with Crippen LogP contribution in [0.15, 0.2) is 29.4 Å². The van der Waals surface area contributed by atoms with Crippen LogP contribution in [-0.2, 0) is 0 Å². The Hall–Kier alpha value is -2.42. The number of alkyl halides is 2. The number of urea groups is 1. The lowest BCUT2D eigenvalue weighted by atomic mass is 10.3. The van der Waals surface area contributed by atoms with Crippen molar-refractivity contribution in [2.45, 2.75) is 13.2 Å². The van der Waals surface area contributed by atoms with E-state index in [1.807, 2.05) is 6.92 Å². The van der Waals surface area contributed by atoms with E-state index in [9.17, 15) is 13.6 Å². The summed E-state index contributed by atoms with van der Waals surface area (Å²) in [7, 11) is 3.19. The number of carbonyl (C=O) groups is 1. The summed E-state index contributed by atoms with van der Waals surface area (Å²) in [6.45, 7) is 1.86. The number of amides is 2. The first-order chi connectivity index (χ1) is 10.7. The summed E-state index contributed by atoms with van der Waals surface area (Å²) in [4.78, 5) is 18.5. The van der Waals surface area contributed by atoms with Crippen LogP contribution in [0.1, 0.15) is 4.88 Å². The minimum atomic E-state index is -3.66. The van der Waals surface area contributed by atoms with E-state index in [-0.39, 0.29) is 11.5 Å². The number of hydrogen-bond donors (Lipinski definition) is 0. The molecule has 0 radical (unpaired) electrons. The van der Waals surface area contributed by atoms with Crippen molar-refractivity contribution >= 4 is 17.4 Å². The SMILES string of the molecule is Cc1cn(-c2ccc3c(c2)OC(F)(F)O3)c(=NC(=O)N(C)C)s1. The molecule has 2 aromatic rings. The average Bonchev–Trinajstić information content (AvgIpc) is 2.95. The van der Waals surface area contributed by atoms with Crippen LogP contribution in [0.25, 0.3) is 5.69 Å². The molecule has 122 valence electrons. The molecule has 2 amide bonds. The van der Waals surface area contributed by atoms with Crippen molar-refractivity contribution in [1.29, 1.82) is 0 Å². The fourth-order valence-electron chi connectivity index (χ4n) is 1.99. The van der Waals surface area contributed by atoms with Gasteiger partial charge >= 0.3 is 12.3 Å². The number of nitrogens with zero attached hydrogens (tertiary/aromatic N) is 3. The van der Waals surface area contributed by atoms with Crippen LogP contribution in [-0.4, -0.2) is 35.9 Å². The molecule has 0 atom stereocenters. The van der Waals surface area contributed by atoms with Crippen molar-refractivity contribution in [3.05, 3.63) is 34.1 Å². The van der Waals surface area contributed by atoms with Gasteiger partial charge in [0, 0.05) is 31.2 Å². The predicted octanol–water partition coefficient (Wildman–Crippen LogP) is 2.75. The number of ether oxygens (including phenoxy) is 2. The Morgan fingerprint density at radius 2 is 2.00 bits per heavy atom. The third kappa shape index (κ3) is 3.04. The van der Waals surface area contributed by atoms with Gasteiger partial charge in [0.15, 0.2) is 16.3 Å². The fraction of sp³-hybridized carbons (Fsp3) is 0.286. The first kappa shape index (κ1) is 15.5. The summed E-state index contributed by atoms with van der Waals surface area (Å²) in [6.07, 6.45) is -1.90. The second-order valence-corrected chi connectivity index (χ2v) is 6.29. The maximum Gasteiger partial charge on any atom is 0.586 e. The van der Waals surface area contributed by atoms with E-state index in [4.69, 9.17) is 0 Å². The number of carbonyl (C=O) groups excluding carboxylic acids is 1. The Bertz CT molecular complexity index is 842. The van der Waals surface area contributed by atoms with Crippen molar-refractivity contribution in [2.24, 2.45) is 4.99 Å². The van der Waals surface area contributed by atoms with Crippen LogP contribution >= 0.6 is 11.3 Å². The van der Waals surface area contributed by atoms with E-state index in [1.165, 1.54) is 28.4 Å². The number of fused-ring (bicyclic) bond motifs is 1. The normalized spacial score (nSPS) is 15.8. The van der Waals surface area contributed by atoms with E-state index in [0.717, 1.165) is 4.88 Å². The highest BCUT2D eigenvalue weighted by atomic mass is 32.1. The molecular weight excluding hydrogens is 328 g/mol. The van der Waals surface area contributed by atoms with Gasteiger partial charge < -0.3 is 14.4 Å². The predicted molar refractivity (Wildman–Crippen MR) is 79.2 cm³/mol. The van der Waals surface area contributed by atoms with E-state index in [0.29, 0.717) is 10.5 Å². The number of rotatable bonds is 1. The topological polar surface area (TPSA) is 56.1 Å². The van der Waals surface area contributed by atoms with Crippen molar-refractivity contribution < 1.29 is 23.0 Å². The van der Waals surface area contributed by atoms with Crippen LogP contribution in [0, 0.1) is 6.92 Å². The van der Waals surface area contributed by atoms with Gasteiger partial charge in [0.05, 0.1) is 5.69 Å². The molecule has 0 spiro atoms. The smallest absolute Gasteiger partial charge is 0.395 e. The standard InChI is InChI=1S/C14H13F2N3O3S/c1-8-7-19(13(23-8)17-12(20)18(2)3)9-4-5-10-11(6-9)22-14(15,16)21-10/h4-7H,1-3H3. The number of aryl methyl sites for hydroxylation is 1. The van der Waals surface area contributed by atoms with Gasteiger partial charge in [0.2, 0.25) is 0 Å². The highest BCUT2D eigenvalue weighted by Gasteiger charge is 2.43. The third-order valence-corrected chi connectivity index (χ3v) is 3.90. The van der Waals surface area contributed by atoms with Gasteiger partial charge in [-0.25, -0.2) is 4.79 Å². The van der Waals surface area contributed by atoms with E-state index in [1.54, 1.807) is 30.9 Å². The summed E-state index contributed by atoms with van der Waals surface area (Å²) in [5.41, 5.74) is 0.541. The zero-order chi connectivity index (χ0) is 16.8. The van der Waals surface area contributed by atoms with Crippen LogP contribution in [0.3, 0.4) is 0 Å². The molecule has 0 aliphatic carbocycles. The number of aromatic nitrogens is 1. The quantitative estimate of drug-likeness (QED) is 0.801. The number of halogens is 2. The lowest BCUT2D eigenvalue weighted by molar-refractivity contribution is -0.286. The van der Waals surface area contributed by atoms with E-state index >= 15 is 0 Å². The van der Waals surface area contributed by atoms with Gasteiger partial charge in [-0.2, -0.15) is 4.99 Å². The molecule has 3 rings (SSSR count). The Balaban J connectivity index is 2.06. The summed E-state index contributed by atoms with van der Waals surface area (Å²) < 4.78 is 36.7. The first-order valence-electron chi connectivity index (χ1n) is 6.60. The van der Waals surface area contributed by atoms with Gasteiger partial charge in [-0.1, -0.05) is 0 Å². The minimum absolute atomic E-state index is 0.0332. The van der Waals surface area contributed by atoms with Gasteiger partial charge in [0.25, 0.3) is 0 Å². The summed E-state index contributed by atoms with van der Waals surface area (Å²) in [5.74, 6) is -0.0945. The fourth-order valence-corrected chi connectivity index (χ4v) is 2.81. The summed E-state index contributed by atoms with van der Waals surface area (Å²) in [6, 6.07) is 3.99. The highest BCUT2D eigenvalue weighted by Crippen LogP contribution is 2.41. The lowest BCUT2D eigenvalue weighted by Gasteiger charge is -2.06. The van der Waals surface area contributed by atoms with Crippen LogP contribution in [0.4, 0.5) is 13.6 Å². The minimum Gasteiger partial charge on any atom is -0.395 e. The molecule has 6 nitrogen and oxygen atoms in total. The molecule has 9 heteroatoms. The van der Waals surface area contributed by atoms with Crippen molar-refractivity contribution in [1.82, 2.24) is 9.47 Å². The molecular formula is C14H13F2N3O3S. The third-order valence-electron chi connectivity index (χ3n) is 3.01. The molecule has 23 heavy (non-hydrogen) atoms. The van der Waals surface area contributed by atoms with Crippen molar-refractivity contribution in [2.75, 3.05) is 14.1 Å². The largest absolute Gasteiger partial charge is 0.586 e. The number of thiazole rings is 1. The molecule has 0 unspecified atom stereocenters. The van der Waals surface area contributed by atoms with Crippen molar-refractivity contribution in [3.63, 3.8) is 0 Å². The molecule has 1 aliphatic heterocycles. The zero-order valence-corrected chi connectivity index (χ0v) is 13.4. The van der Waals surface area contributed by atoms with Crippen LogP contribution < -0.4 is 14.3 Å². The van der Waals surface area contributed by atoms with Crippen LogP contribution in [0.5, 0.6) is 11.5 Å². The van der Waals surface area contributed by atoms with Gasteiger partial charge in [-0.05, 0) is 19.1 Å².